The first-order valence-corrected chi connectivity index (χ1v) is 18.7. The number of aromatic nitrogens is 5. The quantitative estimate of drug-likeness (QED) is 0.0742. The van der Waals surface area contributed by atoms with Crippen molar-refractivity contribution in [2.24, 2.45) is 5.92 Å². The minimum Gasteiger partial charge on any atom is -0.477 e. The molecule has 0 radical (unpaired) electrons. The summed E-state index contributed by atoms with van der Waals surface area (Å²) >= 11 is 0. The van der Waals surface area contributed by atoms with Crippen LogP contribution in [0.15, 0.2) is 73.1 Å². The molecule has 0 bridgehead atoms. The Morgan fingerprint density at radius 2 is 1.58 bits per heavy atom. The van der Waals surface area contributed by atoms with Gasteiger partial charge in [-0.3, -0.25) is 19.2 Å². The highest BCUT2D eigenvalue weighted by molar-refractivity contribution is 6.40. The molecule has 8 N–H and O–H groups in total. The molecule has 5 aromatic rings. The number of likely N-dealkylation sites (tertiary alicyclic amines) is 1. The van der Waals surface area contributed by atoms with E-state index in [9.17, 15) is 44.1 Å². The number of H-pyrrole nitrogens is 1. The largest absolute Gasteiger partial charge is 0.477 e. The molecule has 308 valence electrons. The normalized spacial score (nSPS) is 13.4. The zero-order valence-electron chi connectivity index (χ0n) is 31.9. The summed E-state index contributed by atoms with van der Waals surface area (Å²) in [6.07, 6.45) is 2.12. The van der Waals surface area contributed by atoms with E-state index in [1.54, 1.807) is 72.5 Å². The molecule has 3 heterocycles. The number of aryl methyl sites for hydroxylation is 1. The van der Waals surface area contributed by atoms with Crippen molar-refractivity contribution < 1.29 is 44.1 Å². The van der Waals surface area contributed by atoms with Crippen molar-refractivity contribution in [3.8, 4) is 5.69 Å². The Morgan fingerprint density at radius 3 is 2.24 bits per heavy atom. The summed E-state index contributed by atoms with van der Waals surface area (Å²) < 4.78 is 1.32. The van der Waals surface area contributed by atoms with E-state index >= 15 is 0 Å². The maximum absolute atomic E-state index is 13.8. The van der Waals surface area contributed by atoms with Crippen LogP contribution in [-0.2, 0) is 25.6 Å². The molecule has 6 amide bonds. The number of aliphatic hydroxyl groups excluding tert-OH is 2. The number of carbonyl (C=O) groups excluding carboxylic acids is 5. The number of hydrogen-bond acceptors (Lipinski definition) is 11. The van der Waals surface area contributed by atoms with Gasteiger partial charge in [0.1, 0.15) is 18.1 Å². The fraction of sp³-hybridized carbons (Fsp3) is 0.308. The molecule has 0 saturated carbocycles. The van der Waals surface area contributed by atoms with Crippen molar-refractivity contribution in [2.45, 2.75) is 32.2 Å². The van der Waals surface area contributed by atoms with Crippen molar-refractivity contribution in [3.63, 3.8) is 0 Å². The number of amides is 6. The van der Waals surface area contributed by atoms with Gasteiger partial charge in [-0.15, -0.1) is 5.10 Å². The van der Waals surface area contributed by atoms with Crippen LogP contribution in [-0.4, -0.2) is 131 Å². The number of aliphatic hydroxyl groups is 2. The van der Waals surface area contributed by atoms with Crippen molar-refractivity contribution in [3.05, 3.63) is 89.9 Å². The summed E-state index contributed by atoms with van der Waals surface area (Å²) in [7, 11) is 0. The number of aromatic amines is 1. The lowest BCUT2D eigenvalue weighted by Crippen LogP contribution is -2.49. The van der Waals surface area contributed by atoms with Crippen LogP contribution in [0.4, 0.5) is 21.9 Å². The molecule has 2 aromatic heterocycles. The maximum Gasteiger partial charge on any atom is 0.352 e. The van der Waals surface area contributed by atoms with E-state index in [-0.39, 0.29) is 62.0 Å². The van der Waals surface area contributed by atoms with Gasteiger partial charge in [0.25, 0.3) is 0 Å². The van der Waals surface area contributed by atoms with Crippen LogP contribution in [0.1, 0.15) is 34.5 Å². The number of rotatable bonds is 14. The molecule has 59 heavy (non-hydrogen) atoms. The summed E-state index contributed by atoms with van der Waals surface area (Å²) in [6, 6.07) is 16.2. The molecule has 1 fully saturated rings. The number of urea groups is 1. The number of aromatic carboxylic acids is 1. The van der Waals surface area contributed by atoms with Gasteiger partial charge < -0.3 is 51.4 Å². The number of hydrogen-bond donors (Lipinski definition) is 8. The number of tetrazole rings is 1. The predicted molar refractivity (Wildman–Crippen MR) is 213 cm³/mol. The molecule has 20 nitrogen and oxygen atoms in total. The molecule has 1 saturated heterocycles. The van der Waals surface area contributed by atoms with E-state index in [0.29, 0.717) is 59.5 Å². The number of anilines is 3. The third kappa shape index (κ3) is 10.4. The van der Waals surface area contributed by atoms with Gasteiger partial charge in [0, 0.05) is 60.8 Å². The zero-order valence-corrected chi connectivity index (χ0v) is 31.9. The Morgan fingerprint density at radius 1 is 0.864 bits per heavy atom. The first kappa shape index (κ1) is 41.4. The average molecular weight is 810 g/mol. The molecule has 1 atom stereocenters. The Labute approximate surface area is 336 Å². The Bertz CT molecular complexity index is 2320. The van der Waals surface area contributed by atoms with Crippen LogP contribution in [0.3, 0.4) is 0 Å². The second kappa shape index (κ2) is 18.8. The van der Waals surface area contributed by atoms with Crippen LogP contribution in [0.2, 0.25) is 0 Å². The van der Waals surface area contributed by atoms with Crippen LogP contribution < -0.4 is 21.3 Å². The van der Waals surface area contributed by atoms with Crippen LogP contribution in [0.5, 0.6) is 0 Å². The fourth-order valence-corrected chi connectivity index (χ4v) is 6.71. The molecule has 1 aliphatic heterocycles. The minimum absolute atomic E-state index is 0.0335. The van der Waals surface area contributed by atoms with E-state index in [0.717, 1.165) is 5.56 Å². The van der Waals surface area contributed by atoms with Crippen molar-refractivity contribution in [2.75, 3.05) is 55.3 Å². The number of carboxylic acid groups (broad SMARTS) is 1. The molecular weight excluding hydrogens is 766 g/mol. The SMILES string of the molecule is Cc1ccc(-n2cnnn2)c(NC(=O)C(=O)N[C@@H](Cc2ccc(NC(=O)N3CCC(C(=O)N(CCO)CCO)CC3)cc2)C(=O)Nc2ccc3[nH]c(C(=O)O)cc3c2)c1. The van der Waals surface area contributed by atoms with Gasteiger partial charge in [-0.1, -0.05) is 18.2 Å². The summed E-state index contributed by atoms with van der Waals surface area (Å²) in [6.45, 7) is 2.29. The lowest BCUT2D eigenvalue weighted by molar-refractivity contribution is -0.138. The summed E-state index contributed by atoms with van der Waals surface area (Å²) in [5, 5.41) is 50.2. The Kier molecular flexibility index (Phi) is 13.2. The summed E-state index contributed by atoms with van der Waals surface area (Å²) in [5.41, 5.74) is 3.26. The average Bonchev–Trinajstić information content (AvgIpc) is 3.92. The number of nitrogens with one attached hydrogen (secondary N) is 5. The molecule has 3 aromatic carbocycles. The van der Waals surface area contributed by atoms with Crippen LogP contribution >= 0.6 is 0 Å². The maximum atomic E-state index is 13.8. The van der Waals surface area contributed by atoms with Gasteiger partial charge >= 0.3 is 23.8 Å². The summed E-state index contributed by atoms with van der Waals surface area (Å²) in [4.78, 5) is 83.7. The van der Waals surface area contributed by atoms with Gasteiger partial charge in [-0.05, 0) is 89.8 Å². The van der Waals surface area contributed by atoms with Crippen LogP contribution in [0.25, 0.3) is 16.6 Å². The molecule has 0 unspecified atom stereocenters. The lowest BCUT2D eigenvalue weighted by Gasteiger charge is -2.34. The standard InChI is InChI=1S/C39H43N11O9/c1-23-2-9-33(50-22-40-46-47-50)30(18-23)44-35(54)36(55)45-31(34(53)41-28-7-8-29-26(20-28)21-32(43-29)38(57)58)19-24-3-5-27(6-4-24)42-39(59)49-12-10-25(11-13-49)37(56)48(14-16-51)15-17-52/h2-9,18,20-22,25,31,43,51-52H,10-17,19H2,1H3,(H,41,53)(H,42,59)(H,44,54)(H,45,55)(H,57,58)/t31-/m0/s1. The Balaban J connectivity index is 1.13. The highest BCUT2D eigenvalue weighted by atomic mass is 16.4. The highest BCUT2D eigenvalue weighted by Crippen LogP contribution is 2.24. The molecular formula is C39H43N11O9. The number of benzene rings is 3. The Hall–Kier alpha value is -7.19. The molecule has 1 aliphatic rings. The van der Waals surface area contributed by atoms with E-state index < -0.39 is 29.7 Å². The third-order valence-electron chi connectivity index (χ3n) is 9.77. The lowest BCUT2D eigenvalue weighted by atomic mass is 9.95. The van der Waals surface area contributed by atoms with Gasteiger partial charge in [-0.2, -0.15) is 4.68 Å². The molecule has 0 aliphatic carbocycles. The number of carbonyl (C=O) groups is 6. The van der Waals surface area contributed by atoms with Gasteiger partial charge in [0.2, 0.25) is 11.8 Å². The number of nitrogens with zero attached hydrogens (tertiary/aromatic N) is 6. The van der Waals surface area contributed by atoms with E-state index in [1.807, 2.05) is 0 Å². The van der Waals surface area contributed by atoms with E-state index in [2.05, 4.69) is 41.8 Å². The number of fused-ring (bicyclic) bond motifs is 1. The number of piperidine rings is 1. The van der Waals surface area contributed by atoms with Crippen molar-refractivity contribution in [1.29, 1.82) is 0 Å². The van der Waals surface area contributed by atoms with Crippen molar-refractivity contribution >= 4 is 63.6 Å². The molecule has 6 rings (SSSR count). The minimum atomic E-state index is -1.28. The summed E-state index contributed by atoms with van der Waals surface area (Å²) in [5.74, 6) is -4.47. The third-order valence-corrected chi connectivity index (χ3v) is 9.77. The van der Waals surface area contributed by atoms with Crippen molar-refractivity contribution in [1.82, 2.24) is 40.3 Å². The van der Waals surface area contributed by atoms with Gasteiger partial charge in [-0.25, -0.2) is 9.59 Å². The number of carboxylic acids is 1. The second-order valence-corrected chi connectivity index (χ2v) is 13.9. The van der Waals surface area contributed by atoms with E-state index in [1.165, 1.54) is 22.0 Å². The monoisotopic (exact) mass is 809 g/mol. The smallest absolute Gasteiger partial charge is 0.352 e. The first-order valence-electron chi connectivity index (χ1n) is 18.7. The zero-order chi connectivity index (χ0) is 42.1. The van der Waals surface area contributed by atoms with E-state index in [4.69, 9.17) is 0 Å². The second-order valence-electron chi connectivity index (χ2n) is 13.9. The topological polar surface area (TPSA) is 277 Å². The van der Waals surface area contributed by atoms with Crippen LogP contribution in [0, 0.1) is 12.8 Å². The predicted octanol–water partition coefficient (Wildman–Crippen LogP) is 1.51. The highest BCUT2D eigenvalue weighted by Gasteiger charge is 2.30. The first-order chi connectivity index (χ1) is 28.4. The molecule has 20 heteroatoms. The fourth-order valence-electron chi connectivity index (χ4n) is 6.71. The molecule has 0 spiro atoms. The van der Waals surface area contributed by atoms with Gasteiger partial charge in [0.15, 0.2) is 0 Å². The van der Waals surface area contributed by atoms with Gasteiger partial charge in [0.05, 0.1) is 24.6 Å².